The van der Waals surface area contributed by atoms with Crippen LogP contribution >= 0.6 is 41.7 Å². The van der Waals surface area contributed by atoms with E-state index in [9.17, 15) is 4.89 Å². The average Bonchev–Trinajstić information content (AvgIpc) is 2.23. The van der Waals surface area contributed by atoms with Crippen LogP contribution in [-0.4, -0.2) is 6.61 Å². The second-order valence-corrected chi connectivity index (χ2v) is 8.20. The Hall–Kier alpha value is 0.400. The van der Waals surface area contributed by atoms with Gasteiger partial charge in [-0.2, -0.15) is 9.05 Å². The zero-order valence-corrected chi connectivity index (χ0v) is 13.0. The van der Waals surface area contributed by atoms with Crippen LogP contribution in [0.1, 0.15) is 25.5 Å². The summed E-state index contributed by atoms with van der Waals surface area (Å²) in [6.45, 7) is 4.03. The summed E-state index contributed by atoms with van der Waals surface area (Å²) >= 11 is 18.0. The second kappa shape index (κ2) is 5.06. The van der Waals surface area contributed by atoms with E-state index in [0.717, 1.165) is 0 Å². The minimum absolute atomic E-state index is 0.208. The highest BCUT2D eigenvalue weighted by Gasteiger charge is 2.49. The maximum atomic E-state index is 11.8. The van der Waals surface area contributed by atoms with Crippen LogP contribution in [0.4, 0.5) is 0 Å². The zero-order valence-electron chi connectivity index (χ0n) is 9.82. The molecule has 18 heavy (non-hydrogen) atoms. The van der Waals surface area contributed by atoms with Crippen molar-refractivity contribution in [2.75, 3.05) is 6.61 Å². The highest BCUT2D eigenvalue weighted by molar-refractivity contribution is 7.85. The van der Waals surface area contributed by atoms with Gasteiger partial charge in [-0.15, -0.1) is 0 Å². The van der Waals surface area contributed by atoms with Crippen molar-refractivity contribution in [2.24, 2.45) is 5.41 Å². The maximum Gasteiger partial charge on any atom is 0.338 e. The Bertz CT molecular complexity index is 445. The van der Waals surface area contributed by atoms with Gasteiger partial charge in [-0.25, -0.2) is 0 Å². The topological polar surface area (TPSA) is 41.5 Å². The lowest BCUT2D eigenvalue weighted by Gasteiger charge is -2.40. The van der Waals surface area contributed by atoms with E-state index in [0.29, 0.717) is 15.6 Å². The van der Waals surface area contributed by atoms with E-state index in [2.05, 4.69) is 0 Å². The van der Waals surface area contributed by atoms with Crippen LogP contribution < -0.4 is 4.89 Å². The van der Waals surface area contributed by atoms with Gasteiger partial charge in [0.05, 0.1) is 0 Å². The summed E-state index contributed by atoms with van der Waals surface area (Å²) in [6.07, 6.45) is -0.573. The monoisotopic (exact) mass is 328 g/mol. The first-order chi connectivity index (χ1) is 8.23. The van der Waals surface area contributed by atoms with Gasteiger partial charge >= 0.3 is 7.30 Å². The van der Waals surface area contributed by atoms with Crippen molar-refractivity contribution < 1.29 is 13.9 Å². The molecular formula is C11H12Cl3O3P. The summed E-state index contributed by atoms with van der Waals surface area (Å²) in [5.41, 5.74) is 0.159. The van der Waals surface area contributed by atoms with Crippen LogP contribution in [0.5, 0.6) is 0 Å². The van der Waals surface area contributed by atoms with E-state index in [1.54, 1.807) is 18.2 Å². The number of benzene rings is 1. The van der Waals surface area contributed by atoms with Gasteiger partial charge in [0.2, 0.25) is 0 Å². The Morgan fingerprint density at radius 3 is 2.44 bits per heavy atom. The fourth-order valence-electron chi connectivity index (χ4n) is 1.82. The van der Waals surface area contributed by atoms with Crippen LogP contribution in [0.15, 0.2) is 18.2 Å². The van der Waals surface area contributed by atoms with Crippen molar-refractivity contribution >= 4 is 41.7 Å². The minimum atomic E-state index is -3.57. The number of hydrogen-bond acceptors (Lipinski definition) is 3. The van der Waals surface area contributed by atoms with Gasteiger partial charge in [-0.1, -0.05) is 43.1 Å². The highest BCUT2D eigenvalue weighted by atomic mass is 35.7. The molecule has 1 saturated heterocycles. The van der Waals surface area contributed by atoms with Crippen molar-refractivity contribution in [3.63, 3.8) is 0 Å². The summed E-state index contributed by atoms with van der Waals surface area (Å²) in [5.74, 6) is 0. The lowest BCUT2D eigenvalue weighted by Crippen LogP contribution is -2.36. The molecule has 1 unspecified atom stereocenters. The quantitative estimate of drug-likeness (QED) is 0.718. The van der Waals surface area contributed by atoms with Crippen LogP contribution in [0.3, 0.4) is 0 Å². The third kappa shape index (κ3) is 2.94. The first-order valence-corrected chi connectivity index (χ1v) is 8.50. The predicted molar refractivity (Wildman–Crippen MR) is 72.8 cm³/mol. The van der Waals surface area contributed by atoms with E-state index in [1.807, 2.05) is 13.8 Å². The molecule has 0 N–H and O–H groups in total. The lowest BCUT2D eigenvalue weighted by molar-refractivity contribution is -0.234. The largest absolute Gasteiger partial charge is 0.617 e. The summed E-state index contributed by atoms with van der Waals surface area (Å²) in [4.78, 5) is 11.8. The van der Waals surface area contributed by atoms with E-state index < -0.39 is 18.8 Å². The van der Waals surface area contributed by atoms with Crippen molar-refractivity contribution in [3.8, 4) is 0 Å². The molecular weight excluding hydrogens is 317 g/mol. The fourth-order valence-corrected chi connectivity index (χ4v) is 3.99. The molecule has 7 heteroatoms. The second-order valence-electron chi connectivity index (χ2n) is 4.81. The van der Waals surface area contributed by atoms with Gasteiger partial charge in [0.1, 0.15) is 12.7 Å². The van der Waals surface area contributed by atoms with Crippen LogP contribution in [0, 0.1) is 5.41 Å². The molecule has 0 aromatic heterocycles. The molecule has 3 nitrogen and oxygen atoms in total. The Morgan fingerprint density at radius 2 is 1.89 bits per heavy atom. The molecule has 1 aliphatic heterocycles. The van der Waals surface area contributed by atoms with Crippen molar-refractivity contribution in [2.45, 2.75) is 20.0 Å². The molecule has 1 heterocycles. The Morgan fingerprint density at radius 1 is 1.33 bits per heavy atom. The third-order valence-corrected chi connectivity index (χ3v) is 4.88. The molecule has 1 fully saturated rings. The third-order valence-electron chi connectivity index (χ3n) is 2.79. The summed E-state index contributed by atoms with van der Waals surface area (Å²) in [6, 6.07) is 5.15. The van der Waals surface area contributed by atoms with Gasteiger partial charge in [0.25, 0.3) is 0 Å². The molecule has 1 aromatic carbocycles. The predicted octanol–water partition coefficient (Wildman–Crippen LogP) is 4.38. The lowest BCUT2D eigenvalue weighted by atomic mass is 9.83. The molecule has 0 spiro atoms. The zero-order chi connectivity index (χ0) is 13.6. The Labute approximate surface area is 121 Å². The molecule has 0 saturated carbocycles. The van der Waals surface area contributed by atoms with E-state index >= 15 is 0 Å². The SMILES string of the molecule is CC1(C)CO[P+]([O-])(Cl)O[C@H]1c1c(Cl)cccc1Cl. The van der Waals surface area contributed by atoms with Crippen LogP contribution in [0.2, 0.25) is 10.0 Å². The minimum Gasteiger partial charge on any atom is -0.617 e. The Kier molecular flexibility index (Phi) is 4.16. The van der Waals surface area contributed by atoms with Gasteiger partial charge in [-0.05, 0) is 12.1 Å². The highest BCUT2D eigenvalue weighted by Crippen LogP contribution is 2.67. The van der Waals surface area contributed by atoms with E-state index in [1.165, 1.54) is 0 Å². The van der Waals surface area contributed by atoms with Gasteiger partial charge in [-0.3, -0.25) is 0 Å². The molecule has 1 aliphatic rings. The van der Waals surface area contributed by atoms with Gasteiger partial charge in [0, 0.05) is 21.0 Å². The molecule has 0 amide bonds. The molecule has 2 atom stereocenters. The fraction of sp³-hybridized carbons (Fsp3) is 0.455. The standard InChI is InChI=1S/C11H12Cl3O3P/c1-11(2)6-16-18(14,15)17-10(11)9-7(12)4-3-5-8(9)13/h3-5,10H,6H2,1-2H3/t10-,18?/m0/s1. The molecule has 1 aromatic rings. The molecule has 100 valence electrons. The average molecular weight is 330 g/mol. The summed E-state index contributed by atoms with van der Waals surface area (Å²) in [5, 5.41) is 0.915. The first-order valence-electron chi connectivity index (χ1n) is 5.29. The van der Waals surface area contributed by atoms with Crippen LogP contribution in [-0.2, 0) is 9.05 Å². The number of hydrogen-bond donors (Lipinski definition) is 0. The van der Waals surface area contributed by atoms with E-state index in [4.69, 9.17) is 43.5 Å². The normalized spacial score (nSPS) is 31.3. The summed E-state index contributed by atoms with van der Waals surface area (Å²) in [7, 11) is -3.57. The van der Waals surface area contributed by atoms with Crippen molar-refractivity contribution in [3.05, 3.63) is 33.8 Å². The van der Waals surface area contributed by atoms with Crippen molar-refractivity contribution in [1.82, 2.24) is 0 Å². The van der Waals surface area contributed by atoms with Crippen LogP contribution in [0.25, 0.3) is 0 Å². The molecule has 2 rings (SSSR count). The number of rotatable bonds is 1. The van der Waals surface area contributed by atoms with Gasteiger partial charge < -0.3 is 4.89 Å². The molecule has 0 radical (unpaired) electrons. The number of halogens is 3. The Balaban J connectivity index is 2.46. The van der Waals surface area contributed by atoms with Gasteiger partial charge in [0.15, 0.2) is 11.2 Å². The van der Waals surface area contributed by atoms with E-state index in [-0.39, 0.29) is 6.61 Å². The first kappa shape index (κ1) is 14.8. The van der Waals surface area contributed by atoms with Crippen molar-refractivity contribution in [1.29, 1.82) is 0 Å². The molecule has 0 aliphatic carbocycles. The molecule has 0 bridgehead atoms. The summed E-state index contributed by atoms with van der Waals surface area (Å²) < 4.78 is 10.4. The maximum absolute atomic E-state index is 11.8. The smallest absolute Gasteiger partial charge is 0.338 e.